The number of amides is 1. The van der Waals surface area contributed by atoms with Gasteiger partial charge in [0, 0.05) is 17.5 Å². The molecule has 1 atom stereocenters. The second-order valence-corrected chi connectivity index (χ2v) is 7.28. The van der Waals surface area contributed by atoms with Gasteiger partial charge in [-0.15, -0.1) is 0 Å². The molecule has 0 aliphatic heterocycles. The van der Waals surface area contributed by atoms with Crippen molar-refractivity contribution < 1.29 is 13.9 Å². The third-order valence-electron chi connectivity index (χ3n) is 4.08. The van der Waals surface area contributed by atoms with Crippen LogP contribution in [-0.2, 0) is 4.79 Å². The minimum atomic E-state index is -0.647. The van der Waals surface area contributed by atoms with E-state index in [9.17, 15) is 9.18 Å². The molecule has 3 nitrogen and oxygen atoms in total. The molecule has 1 aliphatic carbocycles. The molecule has 1 aliphatic rings. The Morgan fingerprint density at radius 1 is 1.35 bits per heavy atom. The van der Waals surface area contributed by atoms with Gasteiger partial charge in [0.05, 0.1) is 0 Å². The average Bonchev–Trinajstić information content (AvgIpc) is 2.59. The average molecular weight is 339 g/mol. The molecule has 0 saturated heterocycles. The van der Waals surface area contributed by atoms with Crippen molar-refractivity contribution in [2.45, 2.75) is 56.8 Å². The van der Waals surface area contributed by atoms with Crippen molar-refractivity contribution in [3.63, 3.8) is 0 Å². The Kier molecular flexibility index (Phi) is 7.72. The maximum atomic E-state index is 13.6. The normalized spacial score (nSPS) is 16.8. The summed E-state index contributed by atoms with van der Waals surface area (Å²) >= 11 is 1.95. The molecule has 23 heavy (non-hydrogen) atoms. The van der Waals surface area contributed by atoms with Crippen LogP contribution in [0.15, 0.2) is 24.3 Å². The number of thioether (sulfide) groups is 1. The number of hydrogen-bond donors (Lipinski definition) is 1. The van der Waals surface area contributed by atoms with Crippen LogP contribution in [0.2, 0.25) is 0 Å². The number of halogens is 1. The van der Waals surface area contributed by atoms with Gasteiger partial charge in [0.15, 0.2) is 17.7 Å². The Morgan fingerprint density at radius 3 is 2.78 bits per heavy atom. The van der Waals surface area contributed by atoms with Gasteiger partial charge in [0.2, 0.25) is 0 Å². The molecule has 1 aromatic carbocycles. The van der Waals surface area contributed by atoms with Crippen LogP contribution in [0.3, 0.4) is 0 Å². The fourth-order valence-electron chi connectivity index (χ4n) is 2.76. The van der Waals surface area contributed by atoms with E-state index in [0.717, 1.165) is 11.0 Å². The Hall–Kier alpha value is -1.23. The van der Waals surface area contributed by atoms with Gasteiger partial charge in [-0.2, -0.15) is 11.8 Å². The van der Waals surface area contributed by atoms with E-state index in [2.05, 4.69) is 5.32 Å². The van der Waals surface area contributed by atoms with Crippen LogP contribution in [0.25, 0.3) is 0 Å². The molecule has 2 rings (SSSR count). The van der Waals surface area contributed by atoms with E-state index in [1.54, 1.807) is 18.2 Å². The lowest BCUT2D eigenvalue weighted by Gasteiger charge is -2.21. The van der Waals surface area contributed by atoms with E-state index in [0.29, 0.717) is 13.0 Å². The Bertz CT molecular complexity index is 492. The minimum absolute atomic E-state index is 0.131. The van der Waals surface area contributed by atoms with Gasteiger partial charge < -0.3 is 10.1 Å². The molecule has 0 aromatic heterocycles. The molecule has 1 N–H and O–H groups in total. The van der Waals surface area contributed by atoms with Crippen LogP contribution in [0.1, 0.15) is 45.4 Å². The smallest absolute Gasteiger partial charge is 0.261 e. The Labute approximate surface area is 142 Å². The van der Waals surface area contributed by atoms with Crippen LogP contribution in [0.5, 0.6) is 5.75 Å². The number of nitrogens with one attached hydrogen (secondary N) is 1. The van der Waals surface area contributed by atoms with Gasteiger partial charge in [0.1, 0.15) is 0 Å². The molecule has 1 saturated carbocycles. The topological polar surface area (TPSA) is 38.3 Å². The number of carbonyl (C=O) groups excluding carboxylic acids is 1. The molecule has 0 heterocycles. The first-order valence-electron chi connectivity index (χ1n) is 8.51. The first-order valence-corrected chi connectivity index (χ1v) is 9.56. The number of hydrogen-bond acceptors (Lipinski definition) is 3. The van der Waals surface area contributed by atoms with Gasteiger partial charge in [-0.1, -0.05) is 38.3 Å². The number of para-hydroxylation sites is 1. The lowest BCUT2D eigenvalue weighted by Crippen LogP contribution is -2.39. The van der Waals surface area contributed by atoms with Gasteiger partial charge in [0.25, 0.3) is 5.91 Å². The summed E-state index contributed by atoms with van der Waals surface area (Å²) in [5, 5.41) is 3.65. The molecular weight excluding hydrogens is 313 g/mol. The van der Waals surface area contributed by atoms with Crippen molar-refractivity contribution in [1.29, 1.82) is 0 Å². The highest BCUT2D eigenvalue weighted by atomic mass is 32.2. The predicted molar refractivity (Wildman–Crippen MR) is 93.4 cm³/mol. The lowest BCUT2D eigenvalue weighted by molar-refractivity contribution is -0.128. The SMILES string of the molecule is CC[C@@H](Oc1ccccc1F)C(=O)NCCSC1CCCCC1. The molecule has 1 amide bonds. The molecule has 1 fully saturated rings. The van der Waals surface area contributed by atoms with E-state index >= 15 is 0 Å². The van der Waals surface area contributed by atoms with Gasteiger partial charge >= 0.3 is 0 Å². The maximum absolute atomic E-state index is 13.6. The zero-order chi connectivity index (χ0) is 16.5. The number of ether oxygens (including phenoxy) is 1. The summed E-state index contributed by atoms with van der Waals surface area (Å²) in [7, 11) is 0. The highest BCUT2D eigenvalue weighted by Crippen LogP contribution is 2.27. The highest BCUT2D eigenvalue weighted by molar-refractivity contribution is 7.99. The summed E-state index contributed by atoms with van der Waals surface area (Å²) < 4.78 is 19.1. The molecule has 0 bridgehead atoms. The quantitative estimate of drug-likeness (QED) is 0.723. The fourth-order valence-corrected chi connectivity index (χ4v) is 3.98. The first-order chi connectivity index (χ1) is 11.2. The number of benzene rings is 1. The van der Waals surface area contributed by atoms with Crippen LogP contribution in [0, 0.1) is 5.82 Å². The lowest BCUT2D eigenvalue weighted by atomic mass is 10.0. The Balaban J connectivity index is 1.71. The van der Waals surface area contributed by atoms with Crippen LogP contribution >= 0.6 is 11.8 Å². The third kappa shape index (κ3) is 6.05. The Morgan fingerprint density at radius 2 is 2.09 bits per heavy atom. The van der Waals surface area contributed by atoms with E-state index in [4.69, 9.17) is 4.74 Å². The summed E-state index contributed by atoms with van der Waals surface area (Å²) in [5.41, 5.74) is 0. The molecule has 5 heteroatoms. The van der Waals surface area contributed by atoms with Crippen molar-refractivity contribution in [3.8, 4) is 5.75 Å². The summed E-state index contributed by atoms with van der Waals surface area (Å²) in [6, 6.07) is 6.18. The van der Waals surface area contributed by atoms with Crippen LogP contribution in [0.4, 0.5) is 4.39 Å². The number of carbonyl (C=O) groups is 1. The van der Waals surface area contributed by atoms with Crippen molar-refractivity contribution in [2.75, 3.05) is 12.3 Å². The largest absolute Gasteiger partial charge is 0.478 e. The summed E-state index contributed by atoms with van der Waals surface area (Å²) in [4.78, 5) is 12.2. The second-order valence-electron chi connectivity index (χ2n) is 5.87. The van der Waals surface area contributed by atoms with Crippen molar-refractivity contribution in [3.05, 3.63) is 30.1 Å². The highest BCUT2D eigenvalue weighted by Gasteiger charge is 2.19. The minimum Gasteiger partial charge on any atom is -0.478 e. The van der Waals surface area contributed by atoms with Crippen molar-refractivity contribution in [1.82, 2.24) is 5.32 Å². The molecular formula is C18H26FNO2S. The monoisotopic (exact) mass is 339 g/mol. The second kappa shape index (κ2) is 9.81. The predicted octanol–water partition coefficient (Wildman–Crippen LogP) is 4.17. The van der Waals surface area contributed by atoms with E-state index in [1.807, 2.05) is 18.7 Å². The van der Waals surface area contributed by atoms with Crippen molar-refractivity contribution in [2.24, 2.45) is 0 Å². The summed E-state index contributed by atoms with van der Waals surface area (Å²) in [6.45, 7) is 2.50. The molecule has 128 valence electrons. The van der Waals surface area contributed by atoms with Gasteiger partial charge in [-0.05, 0) is 31.4 Å². The van der Waals surface area contributed by atoms with Gasteiger partial charge in [-0.25, -0.2) is 4.39 Å². The van der Waals surface area contributed by atoms with Crippen LogP contribution in [-0.4, -0.2) is 29.6 Å². The third-order valence-corrected chi connectivity index (χ3v) is 5.46. The zero-order valence-electron chi connectivity index (χ0n) is 13.7. The summed E-state index contributed by atoms with van der Waals surface area (Å²) in [5.74, 6) is 0.449. The molecule has 0 unspecified atom stereocenters. The summed E-state index contributed by atoms with van der Waals surface area (Å²) in [6.07, 6.45) is 6.48. The van der Waals surface area contributed by atoms with Gasteiger partial charge in [-0.3, -0.25) is 4.79 Å². The molecule has 0 radical (unpaired) electrons. The van der Waals surface area contributed by atoms with E-state index in [-0.39, 0.29) is 11.7 Å². The van der Waals surface area contributed by atoms with Crippen molar-refractivity contribution >= 4 is 17.7 Å². The van der Waals surface area contributed by atoms with E-state index < -0.39 is 11.9 Å². The van der Waals surface area contributed by atoms with E-state index in [1.165, 1.54) is 38.2 Å². The van der Waals surface area contributed by atoms with Crippen LogP contribution < -0.4 is 10.1 Å². The number of rotatable bonds is 8. The molecule has 0 spiro atoms. The maximum Gasteiger partial charge on any atom is 0.261 e. The molecule has 1 aromatic rings. The fraction of sp³-hybridized carbons (Fsp3) is 0.611. The standard InChI is InChI=1S/C18H26FNO2S/c1-2-16(22-17-11-7-6-10-15(17)19)18(21)20-12-13-23-14-8-4-3-5-9-14/h6-7,10-11,14,16H,2-5,8-9,12-13H2,1H3,(H,20,21)/t16-/m1/s1. The zero-order valence-corrected chi connectivity index (χ0v) is 14.5. The first kappa shape index (κ1) is 18.1.